The number of aromatic nitrogens is 3. The first-order chi connectivity index (χ1) is 13.2. The molecule has 3 rings (SSSR count). The molecule has 8 heteroatoms. The van der Waals surface area contributed by atoms with Gasteiger partial charge in [0.1, 0.15) is 5.82 Å². The molecular formula is C19H27ClN6O. The third-order valence-electron chi connectivity index (χ3n) is 4.74. The van der Waals surface area contributed by atoms with Crippen LogP contribution in [0.1, 0.15) is 30.7 Å². The van der Waals surface area contributed by atoms with Gasteiger partial charge in [-0.15, -0.1) is 0 Å². The predicted octanol–water partition coefficient (Wildman–Crippen LogP) is 1.83. The van der Waals surface area contributed by atoms with Crippen molar-refractivity contribution in [2.24, 2.45) is 4.99 Å². The highest BCUT2D eigenvalue weighted by molar-refractivity contribution is 6.31. The molecular weight excluding hydrogens is 364 g/mol. The molecule has 7 nitrogen and oxygen atoms in total. The molecule has 0 radical (unpaired) electrons. The molecule has 0 spiro atoms. The first kappa shape index (κ1) is 19.5. The van der Waals surface area contributed by atoms with Gasteiger partial charge in [0.05, 0.1) is 0 Å². The third-order valence-corrected chi connectivity index (χ3v) is 5.11. The highest BCUT2D eigenvalue weighted by Gasteiger charge is 2.16. The van der Waals surface area contributed by atoms with Crippen molar-refractivity contribution in [1.82, 2.24) is 25.0 Å². The van der Waals surface area contributed by atoms with E-state index in [0.717, 1.165) is 74.1 Å². The van der Waals surface area contributed by atoms with Crippen molar-refractivity contribution in [3.63, 3.8) is 0 Å². The van der Waals surface area contributed by atoms with Gasteiger partial charge < -0.3 is 10.6 Å². The maximum Gasteiger partial charge on any atom is 0.345 e. The van der Waals surface area contributed by atoms with Crippen LogP contribution in [-0.2, 0) is 25.9 Å². The minimum absolute atomic E-state index is 0.0203. The van der Waals surface area contributed by atoms with Crippen molar-refractivity contribution >= 4 is 17.6 Å². The lowest BCUT2D eigenvalue weighted by atomic mass is 10.1. The van der Waals surface area contributed by atoms with Crippen molar-refractivity contribution < 1.29 is 0 Å². The molecule has 1 aliphatic heterocycles. The van der Waals surface area contributed by atoms with Crippen LogP contribution in [0.5, 0.6) is 0 Å². The largest absolute Gasteiger partial charge is 0.356 e. The average molecular weight is 391 g/mol. The number of hydrogen-bond acceptors (Lipinski definition) is 3. The number of nitrogens with one attached hydrogen (secondary N) is 2. The Morgan fingerprint density at radius 3 is 2.85 bits per heavy atom. The Balaban J connectivity index is 1.39. The van der Waals surface area contributed by atoms with Crippen molar-refractivity contribution in [1.29, 1.82) is 0 Å². The van der Waals surface area contributed by atoms with E-state index < -0.39 is 0 Å². The summed E-state index contributed by atoms with van der Waals surface area (Å²) < 4.78 is 3.40. The zero-order valence-electron chi connectivity index (χ0n) is 15.7. The molecule has 1 aliphatic rings. The Bertz CT molecular complexity index is 841. The highest BCUT2D eigenvalue weighted by atomic mass is 35.5. The Morgan fingerprint density at radius 1 is 1.26 bits per heavy atom. The molecule has 0 fully saturated rings. The molecule has 0 atom stereocenters. The summed E-state index contributed by atoms with van der Waals surface area (Å²) in [7, 11) is 1.75. The van der Waals surface area contributed by atoms with Crippen LogP contribution in [0.2, 0.25) is 5.02 Å². The smallest absolute Gasteiger partial charge is 0.345 e. The molecule has 0 saturated carbocycles. The van der Waals surface area contributed by atoms with Gasteiger partial charge in [-0.3, -0.25) is 9.56 Å². The summed E-state index contributed by atoms with van der Waals surface area (Å²) in [5.41, 5.74) is 1.14. The second-order valence-electron chi connectivity index (χ2n) is 6.65. The average Bonchev–Trinajstić information content (AvgIpc) is 3.01. The van der Waals surface area contributed by atoms with Crippen LogP contribution >= 0.6 is 11.6 Å². The van der Waals surface area contributed by atoms with Crippen molar-refractivity contribution in [2.75, 3.05) is 20.1 Å². The first-order valence-electron chi connectivity index (χ1n) is 9.53. The predicted molar refractivity (Wildman–Crippen MR) is 109 cm³/mol. The molecule has 1 aromatic carbocycles. The van der Waals surface area contributed by atoms with Crippen LogP contribution in [0.15, 0.2) is 34.1 Å². The van der Waals surface area contributed by atoms with Gasteiger partial charge in [-0.1, -0.05) is 29.8 Å². The van der Waals surface area contributed by atoms with Crippen LogP contribution in [-0.4, -0.2) is 40.4 Å². The molecule has 0 unspecified atom stereocenters. The van der Waals surface area contributed by atoms with Crippen LogP contribution in [0.25, 0.3) is 0 Å². The summed E-state index contributed by atoms with van der Waals surface area (Å²) in [5, 5.41) is 11.8. The quantitative estimate of drug-likeness (QED) is 0.429. The molecule has 0 amide bonds. The highest BCUT2D eigenvalue weighted by Crippen LogP contribution is 2.14. The normalized spacial score (nSPS) is 14.1. The Labute approximate surface area is 164 Å². The molecule has 27 heavy (non-hydrogen) atoms. The number of guanidine groups is 1. The molecule has 1 aromatic heterocycles. The van der Waals surface area contributed by atoms with Gasteiger partial charge in [-0.05, 0) is 37.3 Å². The number of nitrogens with zero attached hydrogens (tertiary/aromatic N) is 4. The zero-order chi connectivity index (χ0) is 19.1. The van der Waals surface area contributed by atoms with E-state index in [1.807, 2.05) is 28.8 Å². The number of aryl methyl sites for hydroxylation is 2. The molecule has 2 N–H and O–H groups in total. The fourth-order valence-corrected chi connectivity index (χ4v) is 3.50. The summed E-state index contributed by atoms with van der Waals surface area (Å²) in [6.45, 7) is 2.88. The summed E-state index contributed by atoms with van der Waals surface area (Å²) in [6, 6.07) is 7.85. The second kappa shape index (κ2) is 9.60. The topological polar surface area (TPSA) is 76.2 Å². The van der Waals surface area contributed by atoms with E-state index in [-0.39, 0.29) is 5.69 Å². The van der Waals surface area contributed by atoms with Gasteiger partial charge in [0.15, 0.2) is 5.96 Å². The van der Waals surface area contributed by atoms with Crippen LogP contribution < -0.4 is 16.3 Å². The number of hydrogen-bond donors (Lipinski definition) is 2. The maximum atomic E-state index is 12.3. The summed E-state index contributed by atoms with van der Waals surface area (Å²) >= 11 is 6.18. The third kappa shape index (κ3) is 5.13. The molecule has 2 heterocycles. The zero-order valence-corrected chi connectivity index (χ0v) is 16.5. The van der Waals surface area contributed by atoms with E-state index >= 15 is 0 Å². The monoisotopic (exact) mass is 390 g/mol. The SMILES string of the molecule is CN=C(NCCCn1nc2n(c1=O)CCCC2)NCCc1ccccc1Cl. The molecule has 0 aliphatic carbocycles. The minimum Gasteiger partial charge on any atom is -0.356 e. The van der Waals surface area contributed by atoms with Gasteiger partial charge in [0.2, 0.25) is 0 Å². The van der Waals surface area contributed by atoms with E-state index in [9.17, 15) is 4.79 Å². The number of aliphatic imine (C=N–C) groups is 1. The lowest BCUT2D eigenvalue weighted by Gasteiger charge is -2.12. The van der Waals surface area contributed by atoms with Crippen LogP contribution in [0.4, 0.5) is 0 Å². The van der Waals surface area contributed by atoms with Crippen LogP contribution in [0, 0.1) is 0 Å². The maximum absolute atomic E-state index is 12.3. The molecule has 146 valence electrons. The second-order valence-corrected chi connectivity index (χ2v) is 7.06. The summed E-state index contributed by atoms with van der Waals surface area (Å²) in [5.74, 6) is 1.68. The number of rotatable bonds is 7. The fourth-order valence-electron chi connectivity index (χ4n) is 3.27. The number of fused-ring (bicyclic) bond motifs is 1. The number of halogens is 1. The summed E-state index contributed by atoms with van der Waals surface area (Å²) in [6.07, 6.45) is 4.73. The Hall–Kier alpha value is -2.28. The number of benzene rings is 1. The van der Waals surface area contributed by atoms with E-state index in [1.165, 1.54) is 0 Å². The van der Waals surface area contributed by atoms with Crippen molar-refractivity contribution in [3.8, 4) is 0 Å². The minimum atomic E-state index is 0.0203. The van der Waals surface area contributed by atoms with E-state index in [4.69, 9.17) is 11.6 Å². The van der Waals surface area contributed by atoms with E-state index in [1.54, 1.807) is 11.7 Å². The van der Waals surface area contributed by atoms with Gasteiger partial charge in [0.25, 0.3) is 0 Å². The van der Waals surface area contributed by atoms with Gasteiger partial charge in [-0.25, -0.2) is 9.48 Å². The van der Waals surface area contributed by atoms with Gasteiger partial charge in [0, 0.05) is 44.7 Å². The molecule has 0 bridgehead atoms. The van der Waals surface area contributed by atoms with Crippen LogP contribution in [0.3, 0.4) is 0 Å². The summed E-state index contributed by atoms with van der Waals surface area (Å²) in [4.78, 5) is 16.5. The molecule has 2 aromatic rings. The lowest BCUT2D eigenvalue weighted by Crippen LogP contribution is -2.39. The van der Waals surface area contributed by atoms with Gasteiger partial charge in [-0.2, -0.15) is 5.10 Å². The Morgan fingerprint density at radius 2 is 2.07 bits per heavy atom. The van der Waals surface area contributed by atoms with E-state index in [0.29, 0.717) is 6.54 Å². The fraction of sp³-hybridized carbons (Fsp3) is 0.526. The van der Waals surface area contributed by atoms with E-state index in [2.05, 4.69) is 20.7 Å². The molecule has 0 saturated heterocycles. The first-order valence-corrected chi connectivity index (χ1v) is 9.91. The van der Waals surface area contributed by atoms with Gasteiger partial charge >= 0.3 is 5.69 Å². The van der Waals surface area contributed by atoms with Crippen molar-refractivity contribution in [2.45, 2.75) is 45.2 Å². The van der Waals surface area contributed by atoms with Crippen molar-refractivity contribution in [3.05, 3.63) is 51.2 Å². The Kier molecular flexibility index (Phi) is 6.92. The standard InChI is InChI=1S/C19H27ClN6O/c1-21-18(23-12-10-15-7-2-3-8-16(15)20)22-11-6-14-26-19(27)25-13-5-4-9-17(25)24-26/h2-3,7-8H,4-6,9-14H2,1H3,(H2,21,22,23). The lowest BCUT2D eigenvalue weighted by molar-refractivity contribution is 0.509.